The molecule has 2 atom stereocenters. The lowest BCUT2D eigenvalue weighted by molar-refractivity contribution is 0.0866. The van der Waals surface area contributed by atoms with Gasteiger partial charge in [-0.05, 0) is 55.5 Å². The Morgan fingerprint density at radius 3 is 2.61 bits per heavy atom. The van der Waals surface area contributed by atoms with E-state index in [1.165, 1.54) is 6.42 Å². The molecule has 4 aromatic rings. The van der Waals surface area contributed by atoms with Gasteiger partial charge in [0, 0.05) is 37.2 Å². The molecule has 190 valence electrons. The first kappa shape index (κ1) is 22.8. The summed E-state index contributed by atoms with van der Waals surface area (Å²) in [5.41, 5.74) is 7.03. The number of amides is 1. The summed E-state index contributed by atoms with van der Waals surface area (Å²) in [5.74, 6) is 1.58. The average molecular weight is 503 g/mol. The van der Waals surface area contributed by atoms with Crippen molar-refractivity contribution in [3.63, 3.8) is 0 Å². The molecule has 1 N–H and O–H groups in total. The van der Waals surface area contributed by atoms with Gasteiger partial charge in [0.1, 0.15) is 11.4 Å². The maximum absolute atomic E-state index is 13.7. The molecule has 1 amide bonds. The van der Waals surface area contributed by atoms with Gasteiger partial charge in [0.25, 0.3) is 5.91 Å². The maximum Gasteiger partial charge on any atom is 0.266 e. The van der Waals surface area contributed by atoms with Crippen LogP contribution in [0.4, 0.5) is 17.2 Å². The van der Waals surface area contributed by atoms with Gasteiger partial charge in [-0.1, -0.05) is 48.5 Å². The molecule has 3 aliphatic rings. The topological polar surface area (TPSA) is 65.8 Å². The highest BCUT2D eigenvalue weighted by molar-refractivity contribution is 6.22. The lowest BCUT2D eigenvalue weighted by Gasteiger charge is -2.35. The molecule has 4 heterocycles. The predicted molar refractivity (Wildman–Crippen MR) is 151 cm³/mol. The summed E-state index contributed by atoms with van der Waals surface area (Å²) in [6.45, 7) is 2.72. The van der Waals surface area contributed by atoms with Gasteiger partial charge in [-0.2, -0.15) is 0 Å². The van der Waals surface area contributed by atoms with Crippen molar-refractivity contribution in [2.24, 2.45) is 4.99 Å². The van der Waals surface area contributed by atoms with Crippen molar-refractivity contribution in [2.75, 3.05) is 17.3 Å². The lowest BCUT2D eigenvalue weighted by Crippen LogP contribution is -2.51. The highest BCUT2D eigenvalue weighted by Gasteiger charge is 2.48. The van der Waals surface area contributed by atoms with Crippen LogP contribution in [0.5, 0.6) is 0 Å². The van der Waals surface area contributed by atoms with E-state index >= 15 is 0 Å². The fourth-order valence-corrected chi connectivity index (χ4v) is 6.13. The molecule has 0 spiro atoms. The second-order valence-electron chi connectivity index (χ2n) is 10.5. The number of carbonyl (C=O) groups excluding carboxylic acids is 1. The van der Waals surface area contributed by atoms with Crippen LogP contribution in [0.3, 0.4) is 0 Å². The van der Waals surface area contributed by atoms with Crippen LogP contribution in [0.15, 0.2) is 84.1 Å². The minimum absolute atomic E-state index is 0.0203. The van der Waals surface area contributed by atoms with Crippen molar-refractivity contribution in [1.29, 1.82) is 0 Å². The number of aliphatic imine (C=N–C) groups is 1. The van der Waals surface area contributed by atoms with E-state index in [0.717, 1.165) is 58.4 Å². The molecule has 7 nitrogen and oxygen atoms in total. The average Bonchev–Trinajstić information content (AvgIpc) is 3.63. The molecular formula is C31H30N6O. The van der Waals surface area contributed by atoms with Gasteiger partial charge in [-0.3, -0.25) is 14.7 Å². The Bertz CT molecular complexity index is 1560. The van der Waals surface area contributed by atoms with Gasteiger partial charge in [-0.25, -0.2) is 4.99 Å². The van der Waals surface area contributed by atoms with Crippen LogP contribution in [-0.2, 0) is 6.54 Å². The highest BCUT2D eigenvalue weighted by Crippen LogP contribution is 2.44. The van der Waals surface area contributed by atoms with Crippen molar-refractivity contribution in [2.45, 2.75) is 44.8 Å². The molecule has 7 heteroatoms. The Hall–Kier alpha value is -4.39. The fourth-order valence-electron chi connectivity index (χ4n) is 6.13. The van der Waals surface area contributed by atoms with E-state index in [2.05, 4.69) is 63.2 Å². The van der Waals surface area contributed by atoms with E-state index in [9.17, 15) is 4.79 Å². The molecule has 38 heavy (non-hydrogen) atoms. The third kappa shape index (κ3) is 3.61. The predicted octanol–water partition coefficient (Wildman–Crippen LogP) is 5.83. The Morgan fingerprint density at radius 2 is 1.82 bits per heavy atom. The van der Waals surface area contributed by atoms with Crippen molar-refractivity contribution < 1.29 is 4.79 Å². The summed E-state index contributed by atoms with van der Waals surface area (Å²) >= 11 is 0. The lowest BCUT2D eigenvalue weighted by atomic mass is 10.0. The standard InChI is InChI=1S/C31H30N6O/c1-20-8-7-17-32-28(20)22-15-13-21(14-16-22)18-36-19-26-27(29(36)33-23-9-4-3-5-10-23)30(38)35(2)31-34-24-11-6-12-25(24)37(26)31/h3-5,7-10,13-17,19,24-25,33H,6,11-12,18H2,1-2H3/t24-,25+/m1/s1. The van der Waals surface area contributed by atoms with Gasteiger partial charge >= 0.3 is 0 Å². The number of pyridine rings is 1. The zero-order valence-corrected chi connectivity index (χ0v) is 21.6. The zero-order chi connectivity index (χ0) is 25.8. The molecule has 2 aromatic carbocycles. The quantitative estimate of drug-likeness (QED) is 0.373. The number of fused-ring (bicyclic) bond motifs is 5. The largest absolute Gasteiger partial charge is 0.341 e. The van der Waals surface area contributed by atoms with Crippen LogP contribution >= 0.6 is 0 Å². The van der Waals surface area contributed by atoms with E-state index in [0.29, 0.717) is 18.2 Å². The normalized spacial score (nSPS) is 19.7. The number of rotatable bonds is 5. The second kappa shape index (κ2) is 8.87. The van der Waals surface area contributed by atoms with Gasteiger partial charge in [0.05, 0.1) is 23.5 Å². The van der Waals surface area contributed by atoms with Crippen molar-refractivity contribution in [3.05, 3.63) is 95.8 Å². The summed E-state index contributed by atoms with van der Waals surface area (Å²) in [4.78, 5) is 27.3. The summed E-state index contributed by atoms with van der Waals surface area (Å²) in [6, 6.07) is 23.3. The number of guanidine groups is 1. The highest BCUT2D eigenvalue weighted by atomic mass is 16.2. The number of hydrogen-bond acceptors (Lipinski definition) is 5. The van der Waals surface area contributed by atoms with Crippen LogP contribution in [-0.4, -0.2) is 45.4 Å². The first-order chi connectivity index (χ1) is 18.6. The van der Waals surface area contributed by atoms with Crippen LogP contribution in [0.2, 0.25) is 0 Å². The van der Waals surface area contributed by atoms with Crippen molar-refractivity contribution >= 4 is 29.1 Å². The van der Waals surface area contributed by atoms with Crippen LogP contribution in [0, 0.1) is 6.92 Å². The minimum atomic E-state index is -0.0203. The maximum atomic E-state index is 13.7. The Balaban J connectivity index is 1.30. The first-order valence-electron chi connectivity index (χ1n) is 13.3. The molecule has 2 aromatic heterocycles. The van der Waals surface area contributed by atoms with E-state index < -0.39 is 0 Å². The SMILES string of the molecule is Cc1cccnc1-c1ccc(Cn2cc3c(c2Nc2ccccc2)C(=O)N(C)C2=N[C@@H]4CCC[C@@H]4N23)cc1. The number of nitrogens with one attached hydrogen (secondary N) is 1. The number of hydrogen-bond donors (Lipinski definition) is 1. The van der Waals surface area contributed by atoms with E-state index in [4.69, 9.17) is 4.99 Å². The van der Waals surface area contributed by atoms with Crippen molar-refractivity contribution in [1.82, 2.24) is 14.5 Å². The molecule has 1 aliphatic carbocycles. The molecule has 2 aliphatic heterocycles. The van der Waals surface area contributed by atoms with Gasteiger partial charge in [0.15, 0.2) is 0 Å². The summed E-state index contributed by atoms with van der Waals surface area (Å²) in [5, 5.41) is 3.58. The summed E-state index contributed by atoms with van der Waals surface area (Å²) in [6.07, 6.45) is 7.33. The fraction of sp³-hybridized carbons (Fsp3) is 0.258. The van der Waals surface area contributed by atoms with E-state index in [1.807, 2.05) is 49.6 Å². The third-order valence-electron chi connectivity index (χ3n) is 8.03. The summed E-state index contributed by atoms with van der Waals surface area (Å²) in [7, 11) is 1.85. The molecular weight excluding hydrogens is 472 g/mol. The summed E-state index contributed by atoms with van der Waals surface area (Å²) < 4.78 is 2.18. The minimum Gasteiger partial charge on any atom is -0.341 e. The Morgan fingerprint density at radius 1 is 1.00 bits per heavy atom. The zero-order valence-electron chi connectivity index (χ0n) is 21.6. The van der Waals surface area contributed by atoms with Crippen LogP contribution in [0.25, 0.3) is 11.3 Å². The molecule has 0 bridgehead atoms. The smallest absolute Gasteiger partial charge is 0.266 e. The van der Waals surface area contributed by atoms with Crippen LogP contribution in [0.1, 0.15) is 40.7 Å². The second-order valence-corrected chi connectivity index (χ2v) is 10.5. The number of carbonyl (C=O) groups is 1. The molecule has 7 rings (SSSR count). The van der Waals surface area contributed by atoms with Gasteiger partial charge in [-0.15, -0.1) is 0 Å². The Kier molecular flexibility index (Phi) is 5.32. The Labute approximate surface area is 222 Å². The number of aromatic nitrogens is 2. The molecule has 0 saturated heterocycles. The first-order valence-corrected chi connectivity index (χ1v) is 13.3. The third-order valence-corrected chi connectivity index (χ3v) is 8.03. The molecule has 0 radical (unpaired) electrons. The van der Waals surface area contributed by atoms with Gasteiger partial charge in [0.2, 0.25) is 5.96 Å². The molecule has 1 fully saturated rings. The molecule has 0 unspecified atom stereocenters. The van der Waals surface area contributed by atoms with E-state index in [1.54, 1.807) is 4.90 Å². The van der Waals surface area contributed by atoms with Crippen molar-refractivity contribution in [3.8, 4) is 11.3 Å². The van der Waals surface area contributed by atoms with Crippen LogP contribution < -0.4 is 10.2 Å². The van der Waals surface area contributed by atoms with E-state index in [-0.39, 0.29) is 11.9 Å². The number of anilines is 3. The number of benzene rings is 2. The number of aryl methyl sites for hydroxylation is 1. The number of nitrogens with zero attached hydrogens (tertiary/aromatic N) is 5. The number of para-hydroxylation sites is 1. The van der Waals surface area contributed by atoms with Gasteiger partial charge < -0.3 is 14.8 Å². The monoisotopic (exact) mass is 502 g/mol. The molecule has 1 saturated carbocycles.